The molecule has 0 saturated carbocycles. The second kappa shape index (κ2) is 8.37. The van der Waals surface area contributed by atoms with Gasteiger partial charge in [-0.2, -0.15) is 5.10 Å². The number of carbonyl (C=O) groups is 1. The highest BCUT2D eigenvalue weighted by atomic mass is 32.2. The Hall–Kier alpha value is -2.97. The van der Waals surface area contributed by atoms with Crippen LogP contribution in [-0.2, 0) is 16.4 Å². The molecule has 2 aromatic carbocycles. The van der Waals surface area contributed by atoms with Crippen molar-refractivity contribution in [3.63, 3.8) is 0 Å². The summed E-state index contributed by atoms with van der Waals surface area (Å²) >= 11 is 0. The van der Waals surface area contributed by atoms with Gasteiger partial charge < -0.3 is 5.32 Å². The average Bonchev–Trinajstić information content (AvgIpc) is 3.17. The van der Waals surface area contributed by atoms with Crippen LogP contribution in [0, 0.1) is 6.92 Å². The molecule has 3 aromatic rings. The number of hydrogen-bond donors (Lipinski definition) is 2. The first-order chi connectivity index (χ1) is 13.4. The van der Waals surface area contributed by atoms with Crippen molar-refractivity contribution in [1.29, 1.82) is 0 Å². The van der Waals surface area contributed by atoms with Gasteiger partial charge >= 0.3 is 0 Å². The van der Waals surface area contributed by atoms with Gasteiger partial charge in [0.2, 0.25) is 10.0 Å². The van der Waals surface area contributed by atoms with Gasteiger partial charge in [-0.1, -0.05) is 24.3 Å². The summed E-state index contributed by atoms with van der Waals surface area (Å²) in [5.74, 6) is -0.305. The Morgan fingerprint density at radius 2 is 1.89 bits per heavy atom. The van der Waals surface area contributed by atoms with Crippen LogP contribution in [0.2, 0.25) is 0 Å². The van der Waals surface area contributed by atoms with E-state index in [2.05, 4.69) is 15.1 Å². The van der Waals surface area contributed by atoms with Gasteiger partial charge in [-0.05, 0) is 55.8 Å². The van der Waals surface area contributed by atoms with Crippen molar-refractivity contribution < 1.29 is 13.2 Å². The van der Waals surface area contributed by atoms with Crippen LogP contribution < -0.4 is 10.0 Å². The lowest BCUT2D eigenvalue weighted by Crippen LogP contribution is -2.27. The minimum Gasteiger partial charge on any atom is -0.352 e. The van der Waals surface area contributed by atoms with Crippen molar-refractivity contribution in [2.45, 2.75) is 18.2 Å². The van der Waals surface area contributed by atoms with E-state index in [4.69, 9.17) is 0 Å². The number of rotatable bonds is 7. The molecular formula is C20H22N4O3S. The minimum atomic E-state index is -3.60. The summed E-state index contributed by atoms with van der Waals surface area (Å²) in [4.78, 5) is 12.6. The van der Waals surface area contributed by atoms with E-state index in [1.165, 1.54) is 19.2 Å². The topological polar surface area (TPSA) is 93.1 Å². The van der Waals surface area contributed by atoms with E-state index in [0.717, 1.165) is 11.3 Å². The summed E-state index contributed by atoms with van der Waals surface area (Å²) in [5.41, 5.74) is 3.02. The van der Waals surface area contributed by atoms with Crippen molar-refractivity contribution in [2.75, 3.05) is 13.6 Å². The molecule has 0 aliphatic heterocycles. The van der Waals surface area contributed by atoms with Gasteiger partial charge in [-0.25, -0.2) is 17.8 Å². The molecule has 0 aliphatic rings. The monoisotopic (exact) mass is 398 g/mol. The van der Waals surface area contributed by atoms with Crippen molar-refractivity contribution in [2.24, 2.45) is 0 Å². The molecule has 0 atom stereocenters. The minimum absolute atomic E-state index is 0.0647. The van der Waals surface area contributed by atoms with Gasteiger partial charge in [-0.15, -0.1) is 0 Å². The first-order valence-corrected chi connectivity index (χ1v) is 10.3. The van der Waals surface area contributed by atoms with Crippen molar-refractivity contribution in [3.05, 3.63) is 77.6 Å². The summed E-state index contributed by atoms with van der Waals surface area (Å²) in [6.45, 7) is 2.19. The highest BCUT2D eigenvalue weighted by molar-refractivity contribution is 7.89. The van der Waals surface area contributed by atoms with E-state index < -0.39 is 10.0 Å². The first-order valence-electron chi connectivity index (χ1n) is 8.82. The van der Waals surface area contributed by atoms with Crippen molar-refractivity contribution >= 4 is 15.9 Å². The molecule has 1 aromatic heterocycles. The van der Waals surface area contributed by atoms with Crippen molar-refractivity contribution in [1.82, 2.24) is 19.8 Å². The molecule has 0 bridgehead atoms. The zero-order chi connectivity index (χ0) is 20.1. The highest BCUT2D eigenvalue weighted by Gasteiger charge is 2.16. The van der Waals surface area contributed by atoms with Crippen LogP contribution in [0.3, 0.4) is 0 Å². The Kier molecular flexibility index (Phi) is 5.91. The summed E-state index contributed by atoms with van der Waals surface area (Å²) in [6.07, 6.45) is 4.31. The van der Waals surface area contributed by atoms with Gasteiger partial charge in [0.15, 0.2) is 0 Å². The Morgan fingerprint density at radius 1 is 1.14 bits per heavy atom. The van der Waals surface area contributed by atoms with E-state index in [-0.39, 0.29) is 10.8 Å². The maximum atomic E-state index is 12.5. The van der Waals surface area contributed by atoms with Crippen LogP contribution >= 0.6 is 0 Å². The van der Waals surface area contributed by atoms with Gasteiger partial charge in [0, 0.05) is 18.3 Å². The highest BCUT2D eigenvalue weighted by Crippen LogP contribution is 2.15. The number of aryl methyl sites for hydroxylation is 1. The second-order valence-electron chi connectivity index (χ2n) is 6.32. The summed E-state index contributed by atoms with van der Waals surface area (Å²) in [7, 11) is -2.26. The standard InChI is InChI=1S/C20H22N4O3S/c1-15-8-9-18(28(26,27)21-2)12-19(15)20(25)22-11-10-16-13-23-24(14-16)17-6-4-3-5-7-17/h3-9,12-14,21H,10-11H2,1-2H3,(H,22,25). The number of amides is 1. The number of nitrogens with one attached hydrogen (secondary N) is 2. The third-order valence-electron chi connectivity index (χ3n) is 4.39. The van der Waals surface area contributed by atoms with Crippen LogP contribution in [0.1, 0.15) is 21.5 Å². The van der Waals surface area contributed by atoms with Gasteiger partial charge in [0.05, 0.1) is 16.8 Å². The molecule has 1 heterocycles. The Morgan fingerprint density at radius 3 is 2.61 bits per heavy atom. The molecule has 3 rings (SSSR count). The molecule has 0 spiro atoms. The smallest absolute Gasteiger partial charge is 0.251 e. The number of aromatic nitrogens is 2. The zero-order valence-electron chi connectivity index (χ0n) is 15.7. The van der Waals surface area contributed by atoms with E-state index >= 15 is 0 Å². The van der Waals surface area contributed by atoms with E-state index in [0.29, 0.717) is 24.1 Å². The Labute approximate surface area is 164 Å². The summed E-state index contributed by atoms with van der Waals surface area (Å²) in [6, 6.07) is 14.3. The number of benzene rings is 2. The van der Waals surface area contributed by atoms with Gasteiger partial charge in [-0.3, -0.25) is 4.79 Å². The Bertz CT molecular complexity index is 1080. The molecule has 146 valence electrons. The third kappa shape index (κ3) is 4.47. The van der Waals surface area contributed by atoms with Crippen LogP contribution in [0.25, 0.3) is 5.69 Å². The van der Waals surface area contributed by atoms with E-state index in [9.17, 15) is 13.2 Å². The molecule has 7 nitrogen and oxygen atoms in total. The quantitative estimate of drug-likeness (QED) is 0.637. The molecule has 8 heteroatoms. The second-order valence-corrected chi connectivity index (χ2v) is 8.21. The van der Waals surface area contributed by atoms with Crippen LogP contribution in [0.4, 0.5) is 0 Å². The fraction of sp³-hybridized carbons (Fsp3) is 0.200. The van der Waals surface area contributed by atoms with E-state index in [1.54, 1.807) is 23.9 Å². The maximum Gasteiger partial charge on any atom is 0.251 e. The number of nitrogens with zero attached hydrogens (tertiary/aromatic N) is 2. The third-order valence-corrected chi connectivity index (χ3v) is 5.80. The molecular weight excluding hydrogens is 376 g/mol. The van der Waals surface area contributed by atoms with Gasteiger partial charge in [0.1, 0.15) is 0 Å². The predicted octanol–water partition coefficient (Wildman–Crippen LogP) is 2.06. The maximum absolute atomic E-state index is 12.5. The van der Waals surface area contributed by atoms with Gasteiger partial charge in [0.25, 0.3) is 5.91 Å². The normalized spacial score (nSPS) is 11.4. The van der Waals surface area contributed by atoms with Crippen LogP contribution in [0.5, 0.6) is 0 Å². The predicted molar refractivity (Wildman–Crippen MR) is 107 cm³/mol. The number of carbonyl (C=O) groups excluding carboxylic acids is 1. The number of hydrogen-bond acceptors (Lipinski definition) is 4. The largest absolute Gasteiger partial charge is 0.352 e. The molecule has 0 radical (unpaired) electrons. The first kappa shape index (κ1) is 19.8. The molecule has 1 amide bonds. The SMILES string of the molecule is CNS(=O)(=O)c1ccc(C)c(C(=O)NCCc2cnn(-c3ccccc3)c2)c1. The summed E-state index contributed by atoms with van der Waals surface area (Å²) in [5, 5.41) is 7.18. The fourth-order valence-corrected chi connectivity index (χ4v) is 3.51. The lowest BCUT2D eigenvalue weighted by molar-refractivity contribution is 0.0953. The van der Waals surface area contributed by atoms with Crippen LogP contribution in [0.15, 0.2) is 65.8 Å². The molecule has 28 heavy (non-hydrogen) atoms. The molecule has 2 N–H and O–H groups in total. The van der Waals surface area contributed by atoms with Crippen LogP contribution in [-0.4, -0.2) is 37.7 Å². The zero-order valence-corrected chi connectivity index (χ0v) is 16.5. The van der Waals surface area contributed by atoms with E-state index in [1.807, 2.05) is 36.5 Å². The number of para-hydroxylation sites is 1. The summed E-state index contributed by atoms with van der Waals surface area (Å²) < 4.78 is 27.9. The Balaban J connectivity index is 1.64. The average molecular weight is 398 g/mol. The lowest BCUT2D eigenvalue weighted by Gasteiger charge is -2.10. The molecule has 0 aliphatic carbocycles. The lowest BCUT2D eigenvalue weighted by atomic mass is 10.1. The fourth-order valence-electron chi connectivity index (χ4n) is 2.76. The number of sulfonamides is 1. The molecule has 0 fully saturated rings. The molecule has 0 unspecified atom stereocenters. The molecule has 0 saturated heterocycles. The van der Waals surface area contributed by atoms with Crippen molar-refractivity contribution in [3.8, 4) is 5.69 Å².